The number of hydrogen-bond acceptors (Lipinski definition) is 2. The van der Waals surface area contributed by atoms with Gasteiger partial charge in [0.15, 0.2) is 0 Å². The van der Waals surface area contributed by atoms with Crippen molar-refractivity contribution in [2.45, 2.75) is 44.9 Å². The number of rotatable bonds is 6. The molecule has 0 aliphatic heterocycles. The van der Waals surface area contributed by atoms with Crippen LogP contribution in [0.15, 0.2) is 187 Å². The fourth-order valence-electron chi connectivity index (χ4n) is 9.93. The van der Waals surface area contributed by atoms with Crippen LogP contribution in [0.2, 0.25) is 0 Å². The minimum Gasteiger partial charge on any atom is -0.313 e. The molecule has 3 aliphatic rings. The fourth-order valence-corrected chi connectivity index (χ4v) is 11.0. The number of fused-ring (bicyclic) bond motifs is 7. The molecule has 11 rings (SSSR count). The zero-order valence-electron chi connectivity index (χ0n) is 32.4. The molecular formula is C55H43NS. The van der Waals surface area contributed by atoms with E-state index in [2.05, 4.69) is 195 Å². The molecule has 1 aromatic heterocycles. The molecule has 274 valence electrons. The predicted octanol–water partition coefficient (Wildman–Crippen LogP) is 15.5. The van der Waals surface area contributed by atoms with Crippen molar-refractivity contribution in [2.24, 2.45) is 0 Å². The van der Waals surface area contributed by atoms with E-state index in [9.17, 15) is 0 Å². The van der Waals surface area contributed by atoms with Gasteiger partial charge in [0.2, 0.25) is 0 Å². The number of benzene rings is 7. The predicted molar refractivity (Wildman–Crippen MR) is 246 cm³/mol. The third-order valence-corrected chi connectivity index (χ3v) is 13.9. The summed E-state index contributed by atoms with van der Waals surface area (Å²) >= 11 is 1.88. The van der Waals surface area contributed by atoms with Crippen LogP contribution in [0, 0.1) is 0 Å². The highest BCUT2D eigenvalue weighted by Gasteiger charge is 2.37. The van der Waals surface area contributed by atoms with Gasteiger partial charge < -0.3 is 4.90 Å². The fraction of sp³-hybridized carbons (Fsp3) is 0.127. The van der Waals surface area contributed by atoms with Crippen molar-refractivity contribution in [1.82, 2.24) is 0 Å². The number of allylic oxidation sites excluding steroid dienone is 7. The lowest BCUT2D eigenvalue weighted by Crippen LogP contribution is -2.25. The summed E-state index contributed by atoms with van der Waals surface area (Å²) in [5.41, 5.74) is 17.4. The van der Waals surface area contributed by atoms with Gasteiger partial charge in [-0.1, -0.05) is 153 Å². The van der Waals surface area contributed by atoms with E-state index in [1.807, 2.05) is 11.3 Å². The summed E-state index contributed by atoms with van der Waals surface area (Å²) in [6.45, 7) is 4.78. The summed E-state index contributed by atoms with van der Waals surface area (Å²) in [5.74, 6) is 0. The zero-order valence-corrected chi connectivity index (χ0v) is 33.2. The molecule has 0 saturated heterocycles. The van der Waals surface area contributed by atoms with Crippen LogP contribution in [-0.4, -0.2) is 0 Å². The molecule has 0 bridgehead atoms. The van der Waals surface area contributed by atoms with Crippen LogP contribution in [0.5, 0.6) is 0 Å². The number of para-hydroxylation sites is 1. The lowest BCUT2D eigenvalue weighted by atomic mass is 9.81. The van der Waals surface area contributed by atoms with Crippen LogP contribution >= 0.6 is 11.3 Å². The normalized spacial score (nSPS) is 15.8. The first-order chi connectivity index (χ1) is 28.0. The summed E-state index contributed by atoms with van der Waals surface area (Å²) in [7, 11) is 0. The van der Waals surface area contributed by atoms with Crippen molar-refractivity contribution in [3.05, 3.63) is 210 Å². The van der Waals surface area contributed by atoms with Gasteiger partial charge in [-0.15, -0.1) is 11.3 Å². The minimum atomic E-state index is -0.0569. The molecular weight excluding hydrogens is 707 g/mol. The minimum absolute atomic E-state index is 0.0569. The maximum Gasteiger partial charge on any atom is 0.0536 e. The molecule has 0 saturated carbocycles. The smallest absolute Gasteiger partial charge is 0.0536 e. The first-order valence-corrected chi connectivity index (χ1v) is 21.2. The molecule has 2 heteroatoms. The van der Waals surface area contributed by atoms with Crippen molar-refractivity contribution in [3.8, 4) is 22.3 Å². The summed E-state index contributed by atoms with van der Waals surface area (Å²) < 4.78 is 2.67. The Hall–Kier alpha value is -6.22. The molecule has 57 heavy (non-hydrogen) atoms. The lowest BCUT2D eigenvalue weighted by molar-refractivity contribution is 0.660. The summed E-state index contributed by atoms with van der Waals surface area (Å²) in [4.78, 5) is 2.62. The van der Waals surface area contributed by atoms with Crippen LogP contribution < -0.4 is 4.90 Å². The van der Waals surface area contributed by atoms with E-state index in [0.717, 1.165) is 25.7 Å². The van der Waals surface area contributed by atoms with Gasteiger partial charge in [-0.3, -0.25) is 0 Å². The molecule has 8 aromatic rings. The number of nitrogens with zero attached hydrogens (tertiary/aromatic N) is 1. The highest BCUT2D eigenvalue weighted by molar-refractivity contribution is 7.25. The molecule has 0 radical (unpaired) electrons. The van der Waals surface area contributed by atoms with E-state index >= 15 is 0 Å². The Labute approximate surface area is 339 Å². The second-order valence-electron chi connectivity index (χ2n) is 16.2. The van der Waals surface area contributed by atoms with Gasteiger partial charge in [0, 0.05) is 42.5 Å². The summed E-state index contributed by atoms with van der Waals surface area (Å²) in [6, 6.07) is 56.6. The average molecular weight is 750 g/mol. The Bertz CT molecular complexity index is 3050. The largest absolute Gasteiger partial charge is 0.313 e. The van der Waals surface area contributed by atoms with E-state index in [1.165, 1.54) is 104 Å². The summed E-state index contributed by atoms with van der Waals surface area (Å²) in [6.07, 6.45) is 13.5. The Balaban J connectivity index is 1.14. The van der Waals surface area contributed by atoms with Crippen molar-refractivity contribution in [3.63, 3.8) is 0 Å². The van der Waals surface area contributed by atoms with Crippen molar-refractivity contribution >= 4 is 59.1 Å². The van der Waals surface area contributed by atoms with Crippen molar-refractivity contribution in [2.75, 3.05) is 4.90 Å². The molecule has 3 aliphatic carbocycles. The topological polar surface area (TPSA) is 3.24 Å². The van der Waals surface area contributed by atoms with Crippen LogP contribution in [-0.2, 0) is 5.41 Å². The van der Waals surface area contributed by atoms with E-state index in [4.69, 9.17) is 0 Å². The van der Waals surface area contributed by atoms with E-state index in [-0.39, 0.29) is 5.41 Å². The third-order valence-electron chi connectivity index (χ3n) is 12.7. The zero-order chi connectivity index (χ0) is 38.1. The van der Waals surface area contributed by atoms with Gasteiger partial charge in [-0.2, -0.15) is 0 Å². The molecule has 0 amide bonds. The van der Waals surface area contributed by atoms with Crippen molar-refractivity contribution < 1.29 is 0 Å². The highest BCUT2D eigenvalue weighted by atomic mass is 32.1. The van der Waals surface area contributed by atoms with E-state index in [0.29, 0.717) is 0 Å². The maximum absolute atomic E-state index is 2.62. The van der Waals surface area contributed by atoms with Gasteiger partial charge >= 0.3 is 0 Å². The van der Waals surface area contributed by atoms with Gasteiger partial charge in [0.25, 0.3) is 0 Å². The number of hydrogen-bond donors (Lipinski definition) is 0. The quantitative estimate of drug-likeness (QED) is 0.164. The van der Waals surface area contributed by atoms with Gasteiger partial charge in [-0.25, -0.2) is 0 Å². The van der Waals surface area contributed by atoms with Crippen LogP contribution in [0.3, 0.4) is 0 Å². The summed E-state index contributed by atoms with van der Waals surface area (Å²) in [5, 5.41) is 5.27. The Kier molecular flexibility index (Phi) is 8.05. The van der Waals surface area contributed by atoms with Gasteiger partial charge in [0.05, 0.1) is 5.69 Å². The van der Waals surface area contributed by atoms with Crippen LogP contribution in [0.25, 0.3) is 64.3 Å². The van der Waals surface area contributed by atoms with E-state index < -0.39 is 0 Å². The molecule has 0 spiro atoms. The second kappa shape index (κ2) is 13.5. The Morgan fingerprint density at radius 3 is 2.14 bits per heavy atom. The molecule has 0 N–H and O–H groups in total. The average Bonchev–Trinajstić information content (AvgIpc) is 3.75. The highest BCUT2D eigenvalue weighted by Crippen LogP contribution is 2.53. The number of thiophene rings is 1. The molecule has 1 heterocycles. The second-order valence-corrected chi connectivity index (χ2v) is 17.3. The SMILES string of the molecule is CC1(C)c2ccccc2-c2c(C3=C(N(C4=CC=C(c5cccc6ccccc56)CC4)c4ccccc4-c4ccc5sc6ccccc6c5c4)C=CCC3)cccc21. The van der Waals surface area contributed by atoms with Gasteiger partial charge in [0.1, 0.15) is 0 Å². The Morgan fingerprint density at radius 2 is 1.25 bits per heavy atom. The standard InChI is InChI=1S/C55H43NS/c1-55(2)48-24-9-5-21-46(48)54-45(23-14-25-49(54)55)43-19-7-11-27-51(43)56(39-32-29-37(30-33-39)41-22-13-16-36-15-3-4-17-40(36)41)50-26-10-6-18-42(50)38-31-34-53-47(35-38)44-20-8-12-28-52(44)57-53/h3-6,8-18,20-29,31-32,34-35H,7,19,30,33H2,1-2H3. The monoisotopic (exact) mass is 749 g/mol. The first kappa shape index (κ1) is 34.1. The molecule has 0 atom stereocenters. The Morgan fingerprint density at radius 1 is 0.544 bits per heavy atom. The first-order valence-electron chi connectivity index (χ1n) is 20.4. The maximum atomic E-state index is 2.62. The number of anilines is 1. The third kappa shape index (κ3) is 5.50. The van der Waals surface area contributed by atoms with Crippen LogP contribution in [0.1, 0.15) is 61.8 Å². The van der Waals surface area contributed by atoms with E-state index in [1.54, 1.807) is 0 Å². The van der Waals surface area contributed by atoms with Crippen LogP contribution in [0.4, 0.5) is 5.69 Å². The molecule has 7 aromatic carbocycles. The van der Waals surface area contributed by atoms with Gasteiger partial charge in [-0.05, 0) is 123 Å². The molecule has 1 nitrogen and oxygen atoms in total. The van der Waals surface area contributed by atoms with Crippen molar-refractivity contribution in [1.29, 1.82) is 0 Å². The molecule has 0 fully saturated rings. The molecule has 0 unspecified atom stereocenters. The lowest BCUT2D eigenvalue weighted by Gasteiger charge is -2.35.